The topological polar surface area (TPSA) is 53.9 Å². The van der Waals surface area contributed by atoms with Crippen molar-refractivity contribution >= 4 is 16.7 Å². The van der Waals surface area contributed by atoms with Gasteiger partial charge in [-0.05, 0) is 62.1 Å². The summed E-state index contributed by atoms with van der Waals surface area (Å²) in [6, 6.07) is 18.2. The summed E-state index contributed by atoms with van der Waals surface area (Å²) in [6.45, 7) is 4.50. The number of hydrogen-bond acceptors (Lipinski definition) is 5. The Kier molecular flexibility index (Phi) is 7.88. The maximum absolute atomic E-state index is 13.7. The quantitative estimate of drug-likeness (QED) is 0.268. The number of benzene rings is 2. The maximum Gasteiger partial charge on any atom is 0.418 e. The van der Waals surface area contributed by atoms with E-state index in [1.54, 1.807) is 18.2 Å². The molecule has 1 unspecified atom stereocenters. The van der Waals surface area contributed by atoms with Gasteiger partial charge in [-0.3, -0.25) is 9.88 Å². The van der Waals surface area contributed by atoms with Crippen LogP contribution >= 0.6 is 0 Å². The van der Waals surface area contributed by atoms with Crippen molar-refractivity contribution in [3.63, 3.8) is 0 Å². The number of halogens is 3. The van der Waals surface area contributed by atoms with Crippen LogP contribution in [0.1, 0.15) is 49.6 Å². The van der Waals surface area contributed by atoms with Crippen molar-refractivity contribution in [2.75, 3.05) is 18.4 Å². The molecule has 0 radical (unpaired) electrons. The molecule has 0 bridgehead atoms. The van der Waals surface area contributed by atoms with Crippen molar-refractivity contribution in [3.8, 4) is 11.3 Å². The molecule has 0 aliphatic carbocycles. The van der Waals surface area contributed by atoms with E-state index < -0.39 is 11.7 Å². The molecule has 4 aromatic rings. The Labute approximate surface area is 221 Å². The number of fused-ring (bicyclic) bond motifs is 1. The van der Waals surface area contributed by atoms with Crippen molar-refractivity contribution < 1.29 is 13.2 Å². The number of nitrogens with one attached hydrogen (secondary N) is 1. The number of alkyl halides is 3. The summed E-state index contributed by atoms with van der Waals surface area (Å²) in [6.07, 6.45) is 2.33. The highest BCUT2D eigenvalue weighted by Crippen LogP contribution is 2.37. The van der Waals surface area contributed by atoms with Crippen molar-refractivity contribution in [2.45, 2.75) is 57.8 Å². The molecule has 5 nitrogen and oxygen atoms in total. The molecule has 2 aromatic carbocycles. The Morgan fingerprint density at radius 3 is 2.63 bits per heavy atom. The van der Waals surface area contributed by atoms with Gasteiger partial charge in [-0.25, -0.2) is 9.97 Å². The molecule has 0 amide bonds. The summed E-state index contributed by atoms with van der Waals surface area (Å²) in [4.78, 5) is 16.2. The molecule has 1 saturated heterocycles. The van der Waals surface area contributed by atoms with E-state index >= 15 is 0 Å². The predicted molar refractivity (Wildman–Crippen MR) is 145 cm³/mol. The van der Waals surface area contributed by atoms with Crippen molar-refractivity contribution in [2.24, 2.45) is 0 Å². The van der Waals surface area contributed by atoms with Crippen LogP contribution in [0.2, 0.25) is 0 Å². The third kappa shape index (κ3) is 5.96. The van der Waals surface area contributed by atoms with Crippen LogP contribution in [0, 0.1) is 0 Å². The zero-order valence-corrected chi connectivity index (χ0v) is 21.5. The van der Waals surface area contributed by atoms with E-state index in [0.29, 0.717) is 41.9 Å². The van der Waals surface area contributed by atoms with Gasteiger partial charge < -0.3 is 5.32 Å². The second-order valence-electron chi connectivity index (χ2n) is 9.81. The fourth-order valence-electron chi connectivity index (χ4n) is 5.28. The van der Waals surface area contributed by atoms with Crippen molar-refractivity contribution in [1.82, 2.24) is 19.9 Å². The van der Waals surface area contributed by atoms with Gasteiger partial charge in [0.05, 0.1) is 23.3 Å². The van der Waals surface area contributed by atoms with Crippen LogP contribution in [0.25, 0.3) is 22.2 Å². The smallest absolute Gasteiger partial charge is 0.369 e. The fraction of sp³-hybridized carbons (Fsp3) is 0.367. The lowest BCUT2D eigenvalue weighted by atomic mass is 10.00. The molecule has 198 valence electrons. The minimum Gasteiger partial charge on any atom is -0.369 e. The number of nitrogens with zero attached hydrogens (tertiary/aromatic N) is 4. The number of aromatic nitrogens is 3. The standard InChI is InChI=1S/C30H32F3N5/c1-2-23-11-6-7-18-38(23)20-27-36-26-19-22(28-25(30(31,32)33)12-8-16-34-28)13-14-24(26)29(37-27)35-17-15-21-9-4-3-5-10-21/h3-5,8-10,12-14,16,19,23H,2,6-7,11,15,17-18,20H2,1H3,(H,35,36,37). The van der Waals surface area contributed by atoms with Crippen LogP contribution in [-0.4, -0.2) is 39.0 Å². The minimum atomic E-state index is -4.50. The molecule has 0 saturated carbocycles. The second-order valence-corrected chi connectivity index (χ2v) is 9.81. The first-order chi connectivity index (χ1) is 18.4. The Balaban J connectivity index is 1.51. The zero-order chi connectivity index (χ0) is 26.5. The minimum absolute atomic E-state index is 0.0947. The maximum atomic E-state index is 13.7. The Morgan fingerprint density at radius 1 is 1.00 bits per heavy atom. The molecule has 8 heteroatoms. The summed E-state index contributed by atoms with van der Waals surface area (Å²) in [5.41, 5.74) is 1.36. The van der Waals surface area contributed by atoms with E-state index in [-0.39, 0.29) is 5.69 Å². The molecular weight excluding hydrogens is 487 g/mol. The summed E-state index contributed by atoms with van der Waals surface area (Å²) in [5.74, 6) is 1.38. The highest BCUT2D eigenvalue weighted by molar-refractivity contribution is 5.92. The van der Waals surface area contributed by atoms with Crippen molar-refractivity contribution in [3.05, 3.63) is 83.8 Å². The Bertz CT molecular complexity index is 1370. The monoisotopic (exact) mass is 519 g/mol. The molecule has 1 atom stereocenters. The third-order valence-corrected chi connectivity index (χ3v) is 7.24. The van der Waals surface area contributed by atoms with E-state index in [2.05, 4.69) is 34.3 Å². The summed E-state index contributed by atoms with van der Waals surface area (Å²) < 4.78 is 41.1. The summed E-state index contributed by atoms with van der Waals surface area (Å²) >= 11 is 0. The van der Waals surface area contributed by atoms with Gasteiger partial charge in [0.1, 0.15) is 11.6 Å². The van der Waals surface area contributed by atoms with Crippen LogP contribution in [0.15, 0.2) is 66.9 Å². The molecule has 1 N–H and O–H groups in total. The number of rotatable bonds is 8. The molecule has 38 heavy (non-hydrogen) atoms. The van der Waals surface area contributed by atoms with Crippen LogP contribution in [0.5, 0.6) is 0 Å². The average Bonchev–Trinajstić information content (AvgIpc) is 2.93. The van der Waals surface area contributed by atoms with Gasteiger partial charge in [0, 0.05) is 29.7 Å². The third-order valence-electron chi connectivity index (χ3n) is 7.24. The molecule has 1 fully saturated rings. The van der Waals surface area contributed by atoms with Gasteiger partial charge in [0.2, 0.25) is 0 Å². The lowest BCUT2D eigenvalue weighted by Gasteiger charge is -2.34. The normalized spacial score (nSPS) is 16.6. The fourth-order valence-corrected chi connectivity index (χ4v) is 5.28. The molecule has 0 spiro atoms. The number of anilines is 1. The lowest BCUT2D eigenvalue weighted by molar-refractivity contribution is -0.137. The number of hydrogen-bond donors (Lipinski definition) is 1. The highest BCUT2D eigenvalue weighted by Gasteiger charge is 2.34. The van der Waals surface area contributed by atoms with Crippen LogP contribution in [0.4, 0.5) is 19.0 Å². The molecular formula is C30H32F3N5. The molecule has 2 aromatic heterocycles. The largest absolute Gasteiger partial charge is 0.418 e. The Morgan fingerprint density at radius 2 is 1.84 bits per heavy atom. The zero-order valence-electron chi connectivity index (χ0n) is 21.5. The van der Waals surface area contributed by atoms with Gasteiger partial charge >= 0.3 is 6.18 Å². The molecule has 1 aliphatic rings. The van der Waals surface area contributed by atoms with Crippen molar-refractivity contribution in [1.29, 1.82) is 0 Å². The lowest BCUT2D eigenvalue weighted by Crippen LogP contribution is -2.38. The summed E-state index contributed by atoms with van der Waals surface area (Å²) in [7, 11) is 0. The van der Waals surface area contributed by atoms with E-state index in [1.807, 2.05) is 18.2 Å². The van der Waals surface area contributed by atoms with Crippen LogP contribution in [0.3, 0.4) is 0 Å². The van der Waals surface area contributed by atoms with E-state index in [0.717, 1.165) is 43.7 Å². The van der Waals surface area contributed by atoms with Gasteiger partial charge in [-0.2, -0.15) is 13.2 Å². The SMILES string of the molecule is CCC1CCCCN1Cc1nc(NCCc2ccccc2)c2ccc(-c3ncccc3C(F)(F)F)cc2n1. The first kappa shape index (κ1) is 26.1. The van der Waals surface area contributed by atoms with Gasteiger partial charge in [0.25, 0.3) is 0 Å². The molecule has 3 heterocycles. The first-order valence-electron chi connectivity index (χ1n) is 13.3. The second kappa shape index (κ2) is 11.5. The van der Waals surface area contributed by atoms with Gasteiger partial charge in [-0.15, -0.1) is 0 Å². The van der Waals surface area contributed by atoms with Crippen LogP contribution in [-0.2, 0) is 19.1 Å². The first-order valence-corrected chi connectivity index (χ1v) is 13.3. The molecule has 5 rings (SSSR count). The summed E-state index contributed by atoms with van der Waals surface area (Å²) in [5, 5.41) is 4.25. The number of likely N-dealkylation sites (tertiary alicyclic amines) is 1. The van der Waals surface area contributed by atoms with Crippen LogP contribution < -0.4 is 5.32 Å². The molecule has 1 aliphatic heterocycles. The van der Waals surface area contributed by atoms with Gasteiger partial charge in [-0.1, -0.05) is 49.7 Å². The van der Waals surface area contributed by atoms with E-state index in [1.165, 1.54) is 24.2 Å². The average molecular weight is 520 g/mol. The van der Waals surface area contributed by atoms with E-state index in [4.69, 9.17) is 9.97 Å². The Hall–Kier alpha value is -3.52. The number of pyridine rings is 1. The predicted octanol–water partition coefficient (Wildman–Crippen LogP) is 7.13. The van der Waals surface area contributed by atoms with E-state index in [9.17, 15) is 13.2 Å². The highest BCUT2D eigenvalue weighted by atomic mass is 19.4. The number of piperidine rings is 1. The van der Waals surface area contributed by atoms with Gasteiger partial charge in [0.15, 0.2) is 0 Å².